The minimum absolute atomic E-state index is 0.0152. The Morgan fingerprint density at radius 2 is 1.28 bits per heavy atom. The summed E-state index contributed by atoms with van der Waals surface area (Å²) in [4.78, 5) is 41.7. The maximum absolute atomic E-state index is 13.8. The first kappa shape index (κ1) is 45.0. The second kappa shape index (κ2) is 17.6. The molecule has 318 valence electrons. The lowest BCUT2D eigenvalue weighted by Crippen LogP contribution is -2.44. The van der Waals surface area contributed by atoms with Gasteiger partial charge in [0.05, 0.1) is 28.2 Å². The molecule has 0 spiro atoms. The first-order valence-electron chi connectivity index (χ1n) is 17.7. The molecular weight excluding hydrogens is 833 g/mol. The summed E-state index contributed by atoms with van der Waals surface area (Å²) < 4.78 is 130. The van der Waals surface area contributed by atoms with Gasteiger partial charge in [0.25, 0.3) is 0 Å². The van der Waals surface area contributed by atoms with E-state index in [0.717, 1.165) is 24.6 Å². The molecule has 3 N–H and O–H groups in total. The van der Waals surface area contributed by atoms with Gasteiger partial charge in [-0.1, -0.05) is 0 Å². The van der Waals surface area contributed by atoms with Crippen LogP contribution in [0.2, 0.25) is 0 Å². The minimum atomic E-state index is -5.01. The number of carboxylic acids is 2. The molecule has 1 aliphatic rings. The van der Waals surface area contributed by atoms with Gasteiger partial charge >= 0.3 is 24.3 Å². The Hall–Kier alpha value is -6.09. The summed E-state index contributed by atoms with van der Waals surface area (Å²) in [6.07, 6.45) is -8.81. The highest BCUT2D eigenvalue weighted by Gasteiger charge is 2.37. The van der Waals surface area contributed by atoms with Crippen LogP contribution in [0.3, 0.4) is 0 Å². The fourth-order valence-corrected chi connectivity index (χ4v) is 6.72. The zero-order valence-corrected chi connectivity index (χ0v) is 32.5. The Morgan fingerprint density at radius 1 is 0.750 bits per heavy atom. The number of aromatic nitrogens is 4. The highest BCUT2D eigenvalue weighted by molar-refractivity contribution is 7.90. The summed E-state index contributed by atoms with van der Waals surface area (Å²) in [6, 6.07) is 8.68. The lowest BCUT2D eigenvalue weighted by Gasteiger charge is -2.28. The number of carbonyl (C=O) groups is 2. The Balaban J connectivity index is 0.000000274. The average molecular weight is 867 g/mol. The number of rotatable bonds is 9. The summed E-state index contributed by atoms with van der Waals surface area (Å²) >= 11 is 0. The Bertz CT molecular complexity index is 2530. The molecule has 2 aromatic heterocycles. The molecule has 1 fully saturated rings. The van der Waals surface area contributed by atoms with Crippen LogP contribution in [0.15, 0.2) is 66.0 Å². The number of halogens is 8. The average Bonchev–Trinajstić information content (AvgIpc) is 3.16. The molecule has 1 saturated heterocycles. The first-order chi connectivity index (χ1) is 27.9. The molecule has 6 rings (SSSR count). The number of hydrogen-bond acceptors (Lipinski definition) is 10. The highest BCUT2D eigenvalue weighted by atomic mass is 32.2. The van der Waals surface area contributed by atoms with Crippen molar-refractivity contribution in [1.29, 1.82) is 0 Å². The molecule has 0 radical (unpaired) electrons. The van der Waals surface area contributed by atoms with Gasteiger partial charge in [-0.15, -0.1) is 0 Å². The smallest absolute Gasteiger partial charge is 0.416 e. The van der Waals surface area contributed by atoms with E-state index >= 15 is 0 Å². The molecular formula is C39H34F8N6O6S. The fourth-order valence-electron chi connectivity index (χ4n) is 6.22. The van der Waals surface area contributed by atoms with Gasteiger partial charge < -0.3 is 20.4 Å². The summed E-state index contributed by atoms with van der Waals surface area (Å²) in [6.45, 7) is 5.29. The van der Waals surface area contributed by atoms with E-state index in [-0.39, 0.29) is 58.6 Å². The number of nitrogens with one attached hydrogen (secondary N) is 1. The van der Waals surface area contributed by atoms with E-state index in [9.17, 15) is 58.2 Å². The van der Waals surface area contributed by atoms with Crippen LogP contribution >= 0.6 is 0 Å². The van der Waals surface area contributed by atoms with Gasteiger partial charge in [0.1, 0.15) is 22.8 Å². The van der Waals surface area contributed by atoms with Crippen LogP contribution in [0.4, 0.5) is 41.1 Å². The van der Waals surface area contributed by atoms with Crippen LogP contribution in [-0.4, -0.2) is 82.9 Å². The van der Waals surface area contributed by atoms with E-state index in [4.69, 9.17) is 5.11 Å². The van der Waals surface area contributed by atoms with Crippen LogP contribution in [0.5, 0.6) is 0 Å². The van der Waals surface area contributed by atoms with Gasteiger partial charge in [-0.25, -0.2) is 46.7 Å². The molecule has 0 saturated carbocycles. The van der Waals surface area contributed by atoms with Gasteiger partial charge in [0.15, 0.2) is 0 Å². The van der Waals surface area contributed by atoms with Crippen LogP contribution in [0.1, 0.15) is 54.2 Å². The minimum Gasteiger partial charge on any atom is -0.478 e. The van der Waals surface area contributed by atoms with E-state index in [2.05, 4.69) is 25.3 Å². The third-order valence-electron chi connectivity index (χ3n) is 9.10. The molecule has 5 aromatic rings. The van der Waals surface area contributed by atoms with Crippen molar-refractivity contribution >= 4 is 27.7 Å². The largest absolute Gasteiger partial charge is 0.478 e. The SMILES string of the molecule is Cc1cc(F)ccc1-c1nc(N2CCNCC2)nc(CCc2cc(C(F)(F)F)cc(C(F)(F)F)c2)c1C(=O)O.Cc1cc(F)ccc1-c1nc(S(C)(=O)=O)ncc1C(=O)O. The third kappa shape index (κ3) is 10.7. The standard InChI is InChI=1S/C26H23F7N4O2.C13H11FN2O4S/c1-14-10-18(27)3-4-19(14)22-21(23(38)39)20(35-24(36-22)37-8-6-34-7-9-37)5-2-15-11-16(25(28,29)30)13-17(12-15)26(31,32)33;1-7-5-8(14)3-4-9(7)11-10(12(17)18)6-15-13(16-11)21(2,19)20/h3-4,10-13,34H,2,5-9H2,1H3,(H,38,39);3-6H,1-2H3,(H,17,18). The number of piperazine rings is 1. The molecule has 0 aliphatic carbocycles. The summed E-state index contributed by atoms with van der Waals surface area (Å²) in [7, 11) is -3.69. The lowest BCUT2D eigenvalue weighted by molar-refractivity contribution is -0.143. The summed E-state index contributed by atoms with van der Waals surface area (Å²) in [5.74, 6) is -3.60. The molecule has 12 nitrogen and oxygen atoms in total. The van der Waals surface area contributed by atoms with Gasteiger partial charge in [-0.2, -0.15) is 26.3 Å². The van der Waals surface area contributed by atoms with Gasteiger partial charge in [0, 0.05) is 49.8 Å². The van der Waals surface area contributed by atoms with Crippen molar-refractivity contribution in [2.45, 2.75) is 44.2 Å². The maximum Gasteiger partial charge on any atom is 0.416 e. The number of sulfone groups is 1. The third-order valence-corrected chi connectivity index (χ3v) is 9.96. The number of anilines is 1. The Kier molecular flexibility index (Phi) is 13.2. The number of nitrogens with zero attached hydrogens (tertiary/aromatic N) is 5. The molecule has 60 heavy (non-hydrogen) atoms. The van der Waals surface area contributed by atoms with Gasteiger partial charge in [0.2, 0.25) is 20.9 Å². The molecule has 1 aliphatic heterocycles. The van der Waals surface area contributed by atoms with Crippen LogP contribution in [0, 0.1) is 25.5 Å². The number of alkyl halides is 6. The van der Waals surface area contributed by atoms with Gasteiger partial charge in [-0.05, 0) is 98.0 Å². The predicted molar refractivity (Wildman–Crippen MR) is 200 cm³/mol. The summed E-state index contributed by atoms with van der Waals surface area (Å²) in [5, 5.41) is 21.9. The van der Waals surface area contributed by atoms with Crippen LogP contribution in [-0.2, 0) is 35.0 Å². The molecule has 21 heteroatoms. The van der Waals surface area contributed by atoms with E-state index < -0.39 is 62.0 Å². The lowest BCUT2D eigenvalue weighted by atomic mass is 9.96. The molecule has 0 amide bonds. The van der Waals surface area contributed by atoms with Crippen LogP contribution in [0.25, 0.3) is 22.5 Å². The highest BCUT2D eigenvalue weighted by Crippen LogP contribution is 2.37. The van der Waals surface area contributed by atoms with Crippen molar-refractivity contribution < 1.29 is 63.3 Å². The fraction of sp³-hybridized carbons (Fsp3) is 0.282. The van der Waals surface area contributed by atoms with E-state index in [1.165, 1.54) is 24.3 Å². The molecule has 3 aromatic carbocycles. The normalized spacial score (nSPS) is 13.4. The predicted octanol–water partition coefficient (Wildman–Crippen LogP) is 7.21. The second-order valence-electron chi connectivity index (χ2n) is 13.6. The van der Waals surface area contributed by atoms with Crippen molar-refractivity contribution in [3.8, 4) is 22.5 Å². The maximum atomic E-state index is 13.8. The first-order valence-corrected chi connectivity index (χ1v) is 19.5. The van der Waals surface area contributed by atoms with Crippen molar-refractivity contribution in [1.82, 2.24) is 25.3 Å². The number of hydrogen-bond donors (Lipinski definition) is 3. The molecule has 0 bridgehead atoms. The molecule has 0 unspecified atom stereocenters. The number of carboxylic acid groups (broad SMARTS) is 2. The van der Waals surface area contributed by atoms with Gasteiger partial charge in [-0.3, -0.25) is 0 Å². The number of aromatic carboxylic acids is 2. The van der Waals surface area contributed by atoms with E-state index in [0.29, 0.717) is 60.6 Å². The second-order valence-corrected chi connectivity index (χ2v) is 15.5. The van der Waals surface area contributed by atoms with Crippen molar-refractivity contribution in [2.24, 2.45) is 0 Å². The number of benzene rings is 3. The Labute approximate surface area is 336 Å². The van der Waals surface area contributed by atoms with Crippen molar-refractivity contribution in [2.75, 3.05) is 37.3 Å². The zero-order valence-electron chi connectivity index (χ0n) is 31.7. The zero-order chi connectivity index (χ0) is 44.3. The van der Waals surface area contributed by atoms with Crippen LogP contribution < -0.4 is 10.2 Å². The monoisotopic (exact) mass is 866 g/mol. The molecule has 0 atom stereocenters. The topological polar surface area (TPSA) is 176 Å². The summed E-state index contributed by atoms with van der Waals surface area (Å²) in [5.41, 5.74) is -2.47. The van der Waals surface area contributed by atoms with Crippen molar-refractivity contribution in [3.05, 3.63) is 117 Å². The van der Waals surface area contributed by atoms with E-state index in [1.807, 2.05) is 0 Å². The number of aryl methyl sites for hydroxylation is 4. The quantitative estimate of drug-likeness (QED) is 0.100. The molecule has 3 heterocycles. The Morgan fingerprint density at radius 3 is 1.75 bits per heavy atom. The van der Waals surface area contributed by atoms with Crippen molar-refractivity contribution in [3.63, 3.8) is 0 Å². The van der Waals surface area contributed by atoms with E-state index in [1.54, 1.807) is 18.7 Å².